The van der Waals surface area contributed by atoms with Crippen molar-refractivity contribution in [2.24, 2.45) is 7.05 Å². The fourth-order valence-corrected chi connectivity index (χ4v) is 3.17. The first kappa shape index (κ1) is 16.4. The molecule has 9 nitrogen and oxygen atoms in total. The molecule has 0 unspecified atom stereocenters. The average Bonchev–Trinajstić information content (AvgIpc) is 3.40. The predicted molar refractivity (Wildman–Crippen MR) is 89.6 cm³/mol. The summed E-state index contributed by atoms with van der Waals surface area (Å²) in [4.78, 5) is 14.5. The van der Waals surface area contributed by atoms with Crippen LogP contribution in [0.15, 0.2) is 33.6 Å². The van der Waals surface area contributed by atoms with Gasteiger partial charge in [-0.1, -0.05) is 0 Å². The summed E-state index contributed by atoms with van der Waals surface area (Å²) in [5.74, 6) is 1.47. The number of furan rings is 1. The quantitative estimate of drug-likeness (QED) is 0.705. The van der Waals surface area contributed by atoms with Crippen molar-refractivity contribution in [1.29, 1.82) is 0 Å². The van der Waals surface area contributed by atoms with Crippen LogP contribution in [0.1, 0.15) is 35.0 Å². The highest BCUT2D eigenvalue weighted by Gasteiger charge is 2.30. The lowest BCUT2D eigenvalue weighted by Crippen LogP contribution is -2.38. The summed E-state index contributed by atoms with van der Waals surface area (Å²) in [5, 5.41) is 12.4. The minimum atomic E-state index is -0.0713. The van der Waals surface area contributed by atoms with Gasteiger partial charge < -0.3 is 18.5 Å². The fraction of sp³-hybridized carbons (Fsp3) is 0.412. The van der Waals surface area contributed by atoms with Crippen LogP contribution >= 0.6 is 0 Å². The molecule has 9 heteroatoms. The Hall–Kier alpha value is -3.10. The van der Waals surface area contributed by atoms with Gasteiger partial charge in [-0.2, -0.15) is 0 Å². The van der Waals surface area contributed by atoms with Crippen molar-refractivity contribution < 1.29 is 18.4 Å². The summed E-state index contributed by atoms with van der Waals surface area (Å²) in [7, 11) is 3.28. The van der Waals surface area contributed by atoms with Crippen molar-refractivity contribution in [2.45, 2.75) is 18.8 Å². The molecule has 1 fully saturated rings. The highest BCUT2D eigenvalue weighted by Crippen LogP contribution is 2.30. The number of aryl methyl sites for hydroxylation is 1. The van der Waals surface area contributed by atoms with Crippen LogP contribution in [-0.4, -0.2) is 51.0 Å². The van der Waals surface area contributed by atoms with E-state index in [4.69, 9.17) is 13.6 Å². The molecule has 1 saturated heterocycles. The van der Waals surface area contributed by atoms with Crippen LogP contribution in [0, 0.1) is 0 Å². The molecule has 1 amide bonds. The number of carbonyl (C=O) groups excluding carboxylic acids is 1. The zero-order chi connectivity index (χ0) is 18.1. The van der Waals surface area contributed by atoms with E-state index in [1.807, 2.05) is 4.90 Å². The monoisotopic (exact) mass is 357 g/mol. The van der Waals surface area contributed by atoms with E-state index in [9.17, 15) is 4.79 Å². The highest BCUT2D eigenvalue weighted by molar-refractivity contribution is 5.96. The number of ether oxygens (including phenoxy) is 1. The van der Waals surface area contributed by atoms with E-state index in [2.05, 4.69) is 15.3 Å². The Bertz CT molecular complexity index is 890. The SMILES string of the molecule is COc1nn(C)cc1C(=O)N1CCC(c2nnc(-c3ccoc3)o2)CC1. The maximum Gasteiger partial charge on any atom is 0.260 e. The number of piperidine rings is 1. The van der Waals surface area contributed by atoms with Crippen LogP contribution in [0.5, 0.6) is 5.88 Å². The largest absolute Gasteiger partial charge is 0.479 e. The van der Waals surface area contributed by atoms with E-state index in [0.717, 1.165) is 18.4 Å². The second kappa shape index (κ2) is 6.66. The number of hydrogen-bond donors (Lipinski definition) is 0. The standard InChI is InChI=1S/C17H19N5O4/c1-21-9-13(16(20-21)24-2)17(23)22-6-3-11(4-7-22)14-18-19-15(26-14)12-5-8-25-10-12/h5,8-11H,3-4,6-7H2,1-2H3. The third kappa shape index (κ3) is 2.96. The van der Waals surface area contributed by atoms with Gasteiger partial charge in [0.05, 0.1) is 18.9 Å². The molecule has 0 aromatic carbocycles. The molecule has 0 N–H and O–H groups in total. The van der Waals surface area contributed by atoms with Crippen LogP contribution in [0.25, 0.3) is 11.5 Å². The molecule has 0 spiro atoms. The van der Waals surface area contributed by atoms with E-state index in [-0.39, 0.29) is 11.8 Å². The smallest absolute Gasteiger partial charge is 0.260 e. The molecule has 0 aliphatic carbocycles. The van der Waals surface area contributed by atoms with E-state index in [1.54, 1.807) is 36.5 Å². The zero-order valence-electron chi connectivity index (χ0n) is 14.6. The van der Waals surface area contributed by atoms with Gasteiger partial charge in [0.25, 0.3) is 11.8 Å². The summed E-state index contributed by atoms with van der Waals surface area (Å²) < 4.78 is 17.6. The van der Waals surface area contributed by atoms with Gasteiger partial charge in [-0.05, 0) is 18.9 Å². The molecule has 1 aliphatic rings. The first-order chi connectivity index (χ1) is 12.7. The van der Waals surface area contributed by atoms with Gasteiger partial charge in [-0.3, -0.25) is 9.48 Å². The van der Waals surface area contributed by atoms with Gasteiger partial charge >= 0.3 is 0 Å². The van der Waals surface area contributed by atoms with Crippen molar-refractivity contribution in [3.8, 4) is 17.3 Å². The predicted octanol–water partition coefficient (Wildman–Crippen LogP) is 2.09. The van der Waals surface area contributed by atoms with Crippen molar-refractivity contribution in [3.05, 3.63) is 36.2 Å². The second-order valence-electron chi connectivity index (χ2n) is 6.25. The molecular weight excluding hydrogens is 338 g/mol. The summed E-state index contributed by atoms with van der Waals surface area (Å²) in [6.07, 6.45) is 6.35. The van der Waals surface area contributed by atoms with Crippen LogP contribution in [0.2, 0.25) is 0 Å². The Labute approximate surface area is 149 Å². The first-order valence-electron chi connectivity index (χ1n) is 8.38. The van der Waals surface area contributed by atoms with Gasteiger partial charge in [0.15, 0.2) is 0 Å². The molecule has 4 rings (SSSR count). The van der Waals surface area contributed by atoms with E-state index in [0.29, 0.717) is 36.3 Å². The number of aromatic nitrogens is 4. The lowest BCUT2D eigenvalue weighted by Gasteiger charge is -2.30. The normalized spacial score (nSPS) is 15.4. The Balaban J connectivity index is 1.42. The minimum absolute atomic E-state index is 0.0713. The lowest BCUT2D eigenvalue weighted by atomic mass is 9.96. The number of methoxy groups -OCH3 is 1. The Kier molecular flexibility index (Phi) is 4.19. The second-order valence-corrected chi connectivity index (χ2v) is 6.25. The fourth-order valence-electron chi connectivity index (χ4n) is 3.17. The molecule has 26 heavy (non-hydrogen) atoms. The highest BCUT2D eigenvalue weighted by atomic mass is 16.5. The lowest BCUT2D eigenvalue weighted by molar-refractivity contribution is 0.0703. The zero-order valence-corrected chi connectivity index (χ0v) is 14.6. The molecular formula is C17H19N5O4. The van der Waals surface area contributed by atoms with Crippen molar-refractivity contribution in [1.82, 2.24) is 24.9 Å². The van der Waals surface area contributed by atoms with E-state index >= 15 is 0 Å². The number of likely N-dealkylation sites (tertiary alicyclic amines) is 1. The molecule has 136 valence electrons. The maximum absolute atomic E-state index is 12.7. The van der Waals surface area contributed by atoms with Gasteiger partial charge in [-0.15, -0.1) is 15.3 Å². The third-order valence-corrected chi connectivity index (χ3v) is 4.56. The molecule has 0 saturated carbocycles. The van der Waals surface area contributed by atoms with Crippen LogP contribution < -0.4 is 4.74 Å². The Morgan fingerprint density at radius 1 is 1.31 bits per heavy atom. The molecule has 0 bridgehead atoms. The van der Waals surface area contributed by atoms with Crippen LogP contribution in [-0.2, 0) is 7.05 Å². The van der Waals surface area contributed by atoms with E-state index < -0.39 is 0 Å². The number of hydrogen-bond acceptors (Lipinski definition) is 7. The Morgan fingerprint density at radius 2 is 2.12 bits per heavy atom. The van der Waals surface area contributed by atoms with Crippen molar-refractivity contribution in [3.63, 3.8) is 0 Å². The summed E-state index contributed by atoms with van der Waals surface area (Å²) >= 11 is 0. The molecule has 3 aromatic heterocycles. The van der Waals surface area contributed by atoms with Crippen molar-refractivity contribution in [2.75, 3.05) is 20.2 Å². The van der Waals surface area contributed by atoms with Gasteiger partial charge in [0.2, 0.25) is 11.8 Å². The van der Waals surface area contributed by atoms with Gasteiger partial charge in [0, 0.05) is 32.3 Å². The minimum Gasteiger partial charge on any atom is -0.479 e. The van der Waals surface area contributed by atoms with E-state index in [1.165, 1.54) is 7.11 Å². The molecule has 0 radical (unpaired) electrons. The summed E-state index contributed by atoms with van der Waals surface area (Å²) in [6.45, 7) is 1.23. The number of carbonyl (C=O) groups is 1. The number of amides is 1. The maximum atomic E-state index is 12.7. The number of rotatable bonds is 4. The Morgan fingerprint density at radius 3 is 2.81 bits per heavy atom. The first-order valence-corrected chi connectivity index (χ1v) is 8.38. The number of nitrogens with zero attached hydrogens (tertiary/aromatic N) is 5. The molecule has 3 aromatic rings. The van der Waals surface area contributed by atoms with Crippen LogP contribution in [0.3, 0.4) is 0 Å². The molecule has 4 heterocycles. The van der Waals surface area contributed by atoms with Crippen LogP contribution in [0.4, 0.5) is 0 Å². The molecule has 0 atom stereocenters. The average molecular weight is 357 g/mol. The third-order valence-electron chi connectivity index (χ3n) is 4.56. The molecule has 1 aliphatic heterocycles. The van der Waals surface area contributed by atoms with Gasteiger partial charge in [-0.25, -0.2) is 0 Å². The van der Waals surface area contributed by atoms with Crippen molar-refractivity contribution >= 4 is 5.91 Å². The van der Waals surface area contributed by atoms with Gasteiger partial charge in [0.1, 0.15) is 11.8 Å². The summed E-state index contributed by atoms with van der Waals surface area (Å²) in [6, 6.07) is 1.78. The summed E-state index contributed by atoms with van der Waals surface area (Å²) in [5.41, 5.74) is 1.24. The topological polar surface area (TPSA) is 99.4 Å².